The Kier molecular flexibility index (Phi) is 4.59. The summed E-state index contributed by atoms with van der Waals surface area (Å²) in [6.45, 7) is 4.59. The summed E-state index contributed by atoms with van der Waals surface area (Å²) in [5.74, 6) is 1.70. The molecule has 3 aromatic rings. The van der Waals surface area contributed by atoms with Crippen LogP contribution in [0.5, 0.6) is 0 Å². The van der Waals surface area contributed by atoms with Crippen molar-refractivity contribution in [2.45, 2.75) is 39.3 Å². The molecule has 3 rings (SSSR count). The van der Waals surface area contributed by atoms with Crippen LogP contribution in [0.4, 0.5) is 0 Å². The summed E-state index contributed by atoms with van der Waals surface area (Å²) in [5, 5.41) is 8.04. The van der Waals surface area contributed by atoms with Crippen LogP contribution in [0.25, 0.3) is 11.0 Å². The molecule has 24 heavy (non-hydrogen) atoms. The van der Waals surface area contributed by atoms with Crippen LogP contribution in [0.15, 0.2) is 30.6 Å². The third-order valence-electron chi connectivity index (χ3n) is 4.02. The molecule has 0 aliphatic heterocycles. The van der Waals surface area contributed by atoms with Gasteiger partial charge in [0.05, 0.1) is 17.6 Å². The van der Waals surface area contributed by atoms with Gasteiger partial charge in [-0.25, -0.2) is 4.98 Å². The van der Waals surface area contributed by atoms with Gasteiger partial charge in [0.1, 0.15) is 12.2 Å². The van der Waals surface area contributed by atoms with E-state index in [1.807, 2.05) is 28.8 Å². The van der Waals surface area contributed by atoms with Crippen molar-refractivity contribution in [3.05, 3.63) is 42.2 Å². The summed E-state index contributed by atoms with van der Waals surface area (Å²) < 4.78 is 1.98. The van der Waals surface area contributed by atoms with Crippen LogP contribution in [0.2, 0.25) is 0 Å². The van der Waals surface area contributed by atoms with Crippen molar-refractivity contribution >= 4 is 16.9 Å². The highest BCUT2D eigenvalue weighted by Gasteiger charge is 2.15. The van der Waals surface area contributed by atoms with Gasteiger partial charge >= 0.3 is 0 Å². The van der Waals surface area contributed by atoms with Gasteiger partial charge in [0, 0.05) is 25.9 Å². The highest BCUT2D eigenvalue weighted by Crippen LogP contribution is 2.13. The molecule has 1 amide bonds. The lowest BCUT2D eigenvalue weighted by molar-refractivity contribution is -0.130. The molecule has 0 saturated heterocycles. The average Bonchev–Trinajstić information content (AvgIpc) is 3.18. The van der Waals surface area contributed by atoms with E-state index in [9.17, 15) is 4.79 Å². The van der Waals surface area contributed by atoms with Crippen molar-refractivity contribution in [2.24, 2.45) is 0 Å². The zero-order valence-electron chi connectivity index (χ0n) is 14.2. The number of nitrogens with zero attached hydrogens (tertiary/aromatic N) is 5. The van der Waals surface area contributed by atoms with Gasteiger partial charge in [0.2, 0.25) is 5.91 Å². The van der Waals surface area contributed by atoms with Crippen LogP contribution in [-0.2, 0) is 17.8 Å². The van der Waals surface area contributed by atoms with Gasteiger partial charge in [-0.2, -0.15) is 0 Å². The number of rotatable bonds is 6. The molecule has 0 spiro atoms. The van der Waals surface area contributed by atoms with E-state index in [0.29, 0.717) is 19.4 Å². The summed E-state index contributed by atoms with van der Waals surface area (Å²) >= 11 is 0. The summed E-state index contributed by atoms with van der Waals surface area (Å²) in [6, 6.07) is 8.14. The summed E-state index contributed by atoms with van der Waals surface area (Å²) in [4.78, 5) is 21.8. The lowest BCUT2D eigenvalue weighted by Crippen LogP contribution is -2.28. The Morgan fingerprint density at radius 2 is 2.12 bits per heavy atom. The Balaban J connectivity index is 1.58. The van der Waals surface area contributed by atoms with Crippen LogP contribution in [0.3, 0.4) is 0 Å². The average molecular weight is 326 g/mol. The van der Waals surface area contributed by atoms with Gasteiger partial charge in [-0.3, -0.25) is 4.79 Å². The van der Waals surface area contributed by atoms with Crippen molar-refractivity contribution in [1.29, 1.82) is 0 Å². The lowest BCUT2D eigenvalue weighted by atomic mass is 10.2. The highest BCUT2D eigenvalue weighted by atomic mass is 16.2. The Labute approximate surface area is 140 Å². The van der Waals surface area contributed by atoms with Crippen LogP contribution in [0, 0.1) is 0 Å². The van der Waals surface area contributed by atoms with Gasteiger partial charge in [-0.05, 0) is 26.0 Å². The molecule has 0 atom stereocenters. The number of aromatic amines is 1. The largest absolute Gasteiger partial charge is 0.342 e. The van der Waals surface area contributed by atoms with Gasteiger partial charge in [0.15, 0.2) is 5.82 Å². The minimum absolute atomic E-state index is 0.0637. The van der Waals surface area contributed by atoms with E-state index < -0.39 is 0 Å². The number of hydrogen-bond donors (Lipinski definition) is 1. The number of H-pyrrole nitrogens is 1. The molecule has 7 nitrogen and oxygen atoms in total. The molecule has 126 valence electrons. The third kappa shape index (κ3) is 3.45. The molecule has 0 unspecified atom stereocenters. The van der Waals surface area contributed by atoms with Crippen molar-refractivity contribution in [3.63, 3.8) is 0 Å². The normalized spacial score (nSPS) is 11.3. The number of aryl methyl sites for hydroxylation is 1. The number of nitrogens with one attached hydrogen (secondary N) is 1. The number of benzene rings is 1. The summed E-state index contributed by atoms with van der Waals surface area (Å²) in [6.07, 6.45) is 2.70. The van der Waals surface area contributed by atoms with E-state index in [0.717, 1.165) is 22.7 Å². The second-order valence-electron chi connectivity index (χ2n) is 6.20. The van der Waals surface area contributed by atoms with Crippen LogP contribution < -0.4 is 0 Å². The summed E-state index contributed by atoms with van der Waals surface area (Å²) in [7, 11) is 1.79. The number of fused-ring (bicyclic) bond motifs is 1. The van der Waals surface area contributed by atoms with Crippen LogP contribution in [-0.4, -0.2) is 42.6 Å². The molecule has 2 heterocycles. The molecule has 0 aliphatic rings. The quantitative estimate of drug-likeness (QED) is 0.754. The molecular weight excluding hydrogens is 304 g/mol. The van der Waals surface area contributed by atoms with Crippen LogP contribution >= 0.6 is 0 Å². The van der Waals surface area contributed by atoms with E-state index in [1.165, 1.54) is 0 Å². The monoisotopic (exact) mass is 326 g/mol. The van der Waals surface area contributed by atoms with Crippen molar-refractivity contribution < 1.29 is 4.79 Å². The minimum Gasteiger partial charge on any atom is -0.342 e. The fraction of sp³-hybridized carbons (Fsp3) is 0.412. The Hall–Kier alpha value is -2.70. The molecule has 1 aromatic carbocycles. The molecule has 0 bridgehead atoms. The van der Waals surface area contributed by atoms with Gasteiger partial charge in [-0.15, -0.1) is 10.2 Å². The first kappa shape index (κ1) is 16.2. The smallest absolute Gasteiger partial charge is 0.223 e. The molecule has 2 aromatic heterocycles. The Morgan fingerprint density at radius 1 is 1.33 bits per heavy atom. The summed E-state index contributed by atoms with van der Waals surface area (Å²) in [5.41, 5.74) is 1.93. The number of aromatic nitrogens is 5. The van der Waals surface area contributed by atoms with Gasteiger partial charge in [-0.1, -0.05) is 12.1 Å². The third-order valence-corrected chi connectivity index (χ3v) is 4.02. The predicted molar refractivity (Wildman–Crippen MR) is 91.3 cm³/mol. The van der Waals surface area contributed by atoms with E-state index in [2.05, 4.69) is 34.0 Å². The maximum absolute atomic E-state index is 12.4. The fourth-order valence-electron chi connectivity index (χ4n) is 2.65. The fourth-order valence-corrected chi connectivity index (χ4v) is 2.65. The predicted octanol–water partition coefficient (Wildman–Crippen LogP) is 2.33. The Bertz CT molecular complexity index is 801. The maximum atomic E-state index is 12.4. The number of amides is 1. The second-order valence-corrected chi connectivity index (χ2v) is 6.20. The molecule has 0 fully saturated rings. The molecular formula is C17H22N6O. The molecule has 7 heteroatoms. The van der Waals surface area contributed by atoms with Crippen molar-refractivity contribution in [3.8, 4) is 0 Å². The number of carbonyl (C=O) groups is 1. The SMILES string of the molecule is CC(C)n1cnnc1CN(C)C(=O)CCc1nc2ccccc2[nH]1. The van der Waals surface area contributed by atoms with Gasteiger partial charge < -0.3 is 14.5 Å². The first-order valence-electron chi connectivity index (χ1n) is 8.10. The highest BCUT2D eigenvalue weighted by molar-refractivity contribution is 5.77. The lowest BCUT2D eigenvalue weighted by Gasteiger charge is -2.18. The Morgan fingerprint density at radius 3 is 2.88 bits per heavy atom. The van der Waals surface area contributed by atoms with Crippen molar-refractivity contribution in [1.82, 2.24) is 29.6 Å². The minimum atomic E-state index is 0.0637. The van der Waals surface area contributed by atoms with E-state index >= 15 is 0 Å². The molecule has 0 aliphatic carbocycles. The van der Waals surface area contributed by atoms with E-state index in [1.54, 1.807) is 18.3 Å². The molecule has 0 saturated carbocycles. The molecule has 0 radical (unpaired) electrons. The second kappa shape index (κ2) is 6.82. The zero-order chi connectivity index (χ0) is 17.1. The first-order valence-corrected chi connectivity index (χ1v) is 8.10. The standard InChI is InChI=1S/C17H22N6O/c1-12(2)23-11-18-21-16(23)10-22(3)17(24)9-8-15-19-13-6-4-5-7-14(13)20-15/h4-7,11-12H,8-10H2,1-3H3,(H,19,20). The first-order chi connectivity index (χ1) is 11.5. The van der Waals surface area contributed by atoms with Crippen molar-refractivity contribution in [2.75, 3.05) is 7.05 Å². The number of hydrogen-bond acceptors (Lipinski definition) is 4. The topological polar surface area (TPSA) is 79.7 Å². The molecule has 1 N–H and O–H groups in total. The number of para-hydroxylation sites is 2. The van der Waals surface area contributed by atoms with E-state index in [-0.39, 0.29) is 11.9 Å². The van der Waals surface area contributed by atoms with Gasteiger partial charge in [0.25, 0.3) is 0 Å². The zero-order valence-corrected chi connectivity index (χ0v) is 14.2. The van der Waals surface area contributed by atoms with E-state index in [4.69, 9.17) is 0 Å². The number of carbonyl (C=O) groups excluding carboxylic acids is 1. The number of imidazole rings is 1. The van der Waals surface area contributed by atoms with Crippen LogP contribution in [0.1, 0.15) is 38.0 Å². The maximum Gasteiger partial charge on any atom is 0.223 e.